The number of hydrogen-bond acceptors (Lipinski definition) is 3. The summed E-state index contributed by atoms with van der Waals surface area (Å²) in [6.07, 6.45) is 6.42. The summed E-state index contributed by atoms with van der Waals surface area (Å²) in [5, 5.41) is 0.0710. The van der Waals surface area contributed by atoms with E-state index in [1.165, 1.54) is 11.8 Å². The number of carbonyl (C=O) groups is 2. The average Bonchev–Trinajstić information content (AvgIpc) is 3.15. The zero-order valence-electron chi connectivity index (χ0n) is 15.4. The third-order valence-corrected chi connectivity index (χ3v) is 7.11. The second-order valence-electron chi connectivity index (χ2n) is 7.67. The van der Waals surface area contributed by atoms with Crippen LogP contribution in [0.25, 0.3) is 0 Å². The lowest BCUT2D eigenvalue weighted by Gasteiger charge is -2.41. The summed E-state index contributed by atoms with van der Waals surface area (Å²) >= 11 is 1.37. The van der Waals surface area contributed by atoms with Crippen molar-refractivity contribution in [1.29, 1.82) is 0 Å². The molecule has 2 bridgehead atoms. The molecule has 4 atom stereocenters. The van der Waals surface area contributed by atoms with E-state index in [1.807, 2.05) is 50.8 Å². The highest BCUT2D eigenvalue weighted by Crippen LogP contribution is 2.62. The van der Waals surface area contributed by atoms with E-state index in [2.05, 4.69) is 24.3 Å². The number of hydrogen-bond donors (Lipinski definition) is 0. The molecule has 3 nitrogen and oxygen atoms in total. The van der Waals surface area contributed by atoms with Crippen LogP contribution in [-0.4, -0.2) is 28.5 Å². The largest absolute Gasteiger partial charge is 0.329 e. The Kier molecular flexibility index (Phi) is 5.10. The molecule has 0 unspecified atom stereocenters. The van der Waals surface area contributed by atoms with E-state index in [4.69, 9.17) is 0 Å². The molecule has 0 aromatic heterocycles. The van der Waals surface area contributed by atoms with Crippen molar-refractivity contribution in [2.45, 2.75) is 50.9 Å². The van der Waals surface area contributed by atoms with Gasteiger partial charge in [0.25, 0.3) is 5.24 Å². The summed E-state index contributed by atoms with van der Waals surface area (Å²) in [5.41, 5.74) is 1.09. The highest BCUT2D eigenvalue weighted by molar-refractivity contribution is 8.14. The van der Waals surface area contributed by atoms with Crippen LogP contribution < -0.4 is 0 Å². The van der Waals surface area contributed by atoms with Crippen LogP contribution in [0.5, 0.6) is 0 Å². The first kappa shape index (κ1) is 18.2. The summed E-state index contributed by atoms with van der Waals surface area (Å²) in [6, 6.07) is 10.4. The van der Waals surface area contributed by atoms with Gasteiger partial charge >= 0.3 is 0 Å². The summed E-state index contributed by atoms with van der Waals surface area (Å²) in [4.78, 5) is 27.2. The number of amides is 1. The van der Waals surface area contributed by atoms with Crippen LogP contribution in [-0.2, 0) is 9.54 Å². The molecule has 4 heteroatoms. The van der Waals surface area contributed by atoms with Gasteiger partial charge in [-0.15, -0.1) is 0 Å². The van der Waals surface area contributed by atoms with Crippen molar-refractivity contribution < 1.29 is 9.59 Å². The second kappa shape index (κ2) is 6.99. The van der Waals surface area contributed by atoms with Crippen molar-refractivity contribution in [3.05, 3.63) is 48.0 Å². The van der Waals surface area contributed by atoms with Crippen molar-refractivity contribution in [1.82, 2.24) is 4.90 Å². The Morgan fingerprint density at radius 3 is 2.36 bits per heavy atom. The Morgan fingerprint density at radius 1 is 1.16 bits per heavy atom. The third-order valence-electron chi connectivity index (χ3n) is 5.58. The molecule has 1 saturated carbocycles. The molecule has 1 fully saturated rings. The van der Waals surface area contributed by atoms with E-state index in [0.29, 0.717) is 0 Å². The Hall–Kier alpha value is -1.55. The average molecular weight is 358 g/mol. The fraction of sp³-hybridized carbons (Fsp3) is 0.524. The van der Waals surface area contributed by atoms with Gasteiger partial charge in [0, 0.05) is 18.0 Å². The van der Waals surface area contributed by atoms with Gasteiger partial charge in [-0.25, -0.2) is 0 Å². The van der Waals surface area contributed by atoms with Gasteiger partial charge in [0.1, 0.15) is 6.29 Å². The van der Waals surface area contributed by atoms with Crippen molar-refractivity contribution in [3.8, 4) is 0 Å². The van der Waals surface area contributed by atoms with Crippen LogP contribution >= 0.6 is 11.8 Å². The minimum Gasteiger partial charge on any atom is -0.329 e. The van der Waals surface area contributed by atoms with Crippen molar-refractivity contribution in [2.24, 2.45) is 17.8 Å². The molecule has 1 aromatic carbocycles. The van der Waals surface area contributed by atoms with Crippen LogP contribution in [0.1, 0.15) is 39.7 Å². The SMILES string of the molecule is CC(C)N(C(=O)S[C@]1(c2ccccc2)[C@@H]2C=C[C@@H](C2)[C@@H]1C=O)C(C)C. The Morgan fingerprint density at radius 2 is 1.80 bits per heavy atom. The molecule has 0 saturated heterocycles. The first-order valence-electron chi connectivity index (χ1n) is 9.12. The van der Waals surface area contributed by atoms with Gasteiger partial charge in [0.05, 0.1) is 4.75 Å². The maximum atomic E-state index is 13.2. The monoisotopic (exact) mass is 357 g/mol. The second-order valence-corrected chi connectivity index (χ2v) is 8.90. The molecule has 0 heterocycles. The molecule has 0 N–H and O–H groups in total. The lowest BCUT2D eigenvalue weighted by molar-refractivity contribution is -0.112. The first-order chi connectivity index (χ1) is 11.9. The summed E-state index contributed by atoms with van der Waals surface area (Å²) in [6.45, 7) is 8.19. The molecule has 2 aliphatic carbocycles. The number of nitrogens with zero attached hydrogens (tertiary/aromatic N) is 1. The van der Waals surface area contributed by atoms with E-state index in [1.54, 1.807) is 0 Å². The number of fused-ring (bicyclic) bond motifs is 2. The smallest absolute Gasteiger partial charge is 0.283 e. The van der Waals surface area contributed by atoms with Crippen LogP contribution in [0.2, 0.25) is 0 Å². The molecule has 2 aliphatic rings. The summed E-state index contributed by atoms with van der Waals surface area (Å²) < 4.78 is -0.485. The fourth-order valence-corrected chi connectivity index (χ4v) is 6.36. The van der Waals surface area contributed by atoms with Gasteiger partial charge in [-0.1, -0.05) is 54.2 Å². The van der Waals surface area contributed by atoms with Crippen molar-refractivity contribution >= 4 is 23.3 Å². The lowest BCUT2D eigenvalue weighted by Crippen LogP contribution is -2.44. The summed E-state index contributed by atoms with van der Waals surface area (Å²) in [7, 11) is 0. The molecule has 1 aromatic rings. The molecule has 0 spiro atoms. The maximum Gasteiger partial charge on any atom is 0.283 e. The fourth-order valence-electron chi connectivity index (χ4n) is 4.60. The lowest BCUT2D eigenvalue weighted by atomic mass is 9.78. The van der Waals surface area contributed by atoms with Crippen LogP contribution in [0.3, 0.4) is 0 Å². The van der Waals surface area contributed by atoms with E-state index in [-0.39, 0.29) is 35.1 Å². The van der Waals surface area contributed by atoms with Gasteiger partial charge < -0.3 is 9.69 Å². The van der Waals surface area contributed by atoms with E-state index >= 15 is 0 Å². The third kappa shape index (κ3) is 2.95. The van der Waals surface area contributed by atoms with E-state index in [0.717, 1.165) is 18.3 Å². The first-order valence-corrected chi connectivity index (χ1v) is 9.94. The molecule has 1 amide bonds. The zero-order valence-corrected chi connectivity index (χ0v) is 16.2. The molecular formula is C21H27NO2S. The predicted molar refractivity (Wildman–Crippen MR) is 104 cm³/mol. The van der Waals surface area contributed by atoms with Crippen LogP contribution in [0.4, 0.5) is 4.79 Å². The molecule has 3 rings (SSSR count). The quantitative estimate of drug-likeness (QED) is 0.557. The molecular weight excluding hydrogens is 330 g/mol. The zero-order chi connectivity index (χ0) is 18.2. The number of allylic oxidation sites excluding steroid dienone is 2. The standard InChI is InChI=1S/C21H27NO2S/c1-14(2)22(15(3)4)20(24)25-21(17-8-6-5-7-9-17)18-11-10-16(12-18)19(21)13-23/h5-11,13-16,18-19H,12H2,1-4H3/t16-,18+,19-,21+/m0/s1. The highest BCUT2D eigenvalue weighted by atomic mass is 32.2. The molecule has 25 heavy (non-hydrogen) atoms. The van der Waals surface area contributed by atoms with Gasteiger partial charge in [-0.2, -0.15) is 0 Å². The van der Waals surface area contributed by atoms with Gasteiger partial charge in [-0.3, -0.25) is 4.79 Å². The van der Waals surface area contributed by atoms with Crippen LogP contribution in [0.15, 0.2) is 42.5 Å². The number of aldehydes is 1. The number of benzene rings is 1. The topological polar surface area (TPSA) is 37.4 Å². The predicted octanol–water partition coefficient (Wildman–Crippen LogP) is 4.87. The maximum absolute atomic E-state index is 13.2. The van der Waals surface area contributed by atoms with E-state index < -0.39 is 4.75 Å². The molecule has 0 aliphatic heterocycles. The Bertz CT molecular complexity index is 662. The minimum atomic E-state index is -0.485. The van der Waals surface area contributed by atoms with E-state index in [9.17, 15) is 9.59 Å². The Labute approximate surface area is 154 Å². The Balaban J connectivity index is 2.04. The van der Waals surface area contributed by atoms with Gasteiger partial charge in [0.2, 0.25) is 0 Å². The molecule has 0 radical (unpaired) electrons. The van der Waals surface area contributed by atoms with Crippen molar-refractivity contribution in [3.63, 3.8) is 0 Å². The highest BCUT2D eigenvalue weighted by Gasteiger charge is 2.58. The normalized spacial score (nSPS) is 30.2. The van der Waals surface area contributed by atoms with Gasteiger partial charge in [0.15, 0.2) is 0 Å². The van der Waals surface area contributed by atoms with Crippen LogP contribution in [0, 0.1) is 17.8 Å². The minimum absolute atomic E-state index is 0.0710. The number of thioether (sulfide) groups is 1. The number of rotatable bonds is 5. The summed E-state index contributed by atoms with van der Waals surface area (Å²) in [5.74, 6) is 0.319. The van der Waals surface area contributed by atoms with Crippen molar-refractivity contribution in [2.75, 3.05) is 0 Å². The van der Waals surface area contributed by atoms with Gasteiger partial charge in [-0.05, 0) is 51.5 Å². The molecule has 134 valence electrons. The number of carbonyl (C=O) groups excluding carboxylic acids is 2.